The van der Waals surface area contributed by atoms with Gasteiger partial charge in [-0.15, -0.1) is 0 Å². The van der Waals surface area contributed by atoms with Crippen LogP contribution in [-0.2, 0) is 10.0 Å². The lowest BCUT2D eigenvalue weighted by atomic mass is 10.1. The Morgan fingerprint density at radius 1 is 1.12 bits per heavy atom. The zero-order valence-corrected chi connectivity index (χ0v) is 15.2. The Morgan fingerprint density at radius 3 is 2.44 bits per heavy atom. The van der Waals surface area contributed by atoms with Crippen molar-refractivity contribution in [3.05, 3.63) is 65.7 Å². The highest BCUT2D eigenvalue weighted by Gasteiger charge is 2.28. The standard InChI is InChI=1S/C19H22N2O3S/c1-14(15-7-4-3-5-8-15)21(2)19(22)16-9-6-10-18(13-16)25(23,24)20-17-11-12-17/h3-10,13-14,17,20H,11-12H2,1-2H3/t14-/m1/s1. The zero-order chi connectivity index (χ0) is 18.0. The predicted octanol–water partition coefficient (Wildman–Crippen LogP) is 2.96. The van der Waals surface area contributed by atoms with Crippen molar-refractivity contribution in [3.8, 4) is 0 Å². The van der Waals surface area contributed by atoms with E-state index in [1.54, 1.807) is 24.1 Å². The molecule has 2 aromatic rings. The van der Waals surface area contributed by atoms with Crippen LogP contribution < -0.4 is 4.72 Å². The van der Waals surface area contributed by atoms with Crippen molar-refractivity contribution in [2.75, 3.05) is 7.05 Å². The summed E-state index contributed by atoms with van der Waals surface area (Å²) in [6, 6.07) is 15.9. The number of nitrogens with zero attached hydrogens (tertiary/aromatic N) is 1. The van der Waals surface area contributed by atoms with Crippen LogP contribution in [0.4, 0.5) is 0 Å². The Hall–Kier alpha value is -2.18. The topological polar surface area (TPSA) is 66.5 Å². The fourth-order valence-electron chi connectivity index (χ4n) is 2.62. The van der Waals surface area contributed by atoms with Crippen LogP contribution in [0, 0.1) is 0 Å². The minimum atomic E-state index is -3.57. The van der Waals surface area contributed by atoms with Gasteiger partial charge in [0.05, 0.1) is 10.9 Å². The van der Waals surface area contributed by atoms with Gasteiger partial charge in [0.25, 0.3) is 5.91 Å². The molecular weight excluding hydrogens is 336 g/mol. The van der Waals surface area contributed by atoms with Crippen molar-refractivity contribution in [2.45, 2.75) is 36.7 Å². The summed E-state index contributed by atoms with van der Waals surface area (Å²) in [5.41, 5.74) is 1.39. The molecule has 0 heterocycles. The molecule has 25 heavy (non-hydrogen) atoms. The first-order valence-corrected chi connectivity index (χ1v) is 9.81. The molecule has 1 N–H and O–H groups in total. The molecule has 0 spiro atoms. The molecule has 0 aromatic heterocycles. The number of hydrogen-bond acceptors (Lipinski definition) is 3. The van der Waals surface area contributed by atoms with Crippen LogP contribution >= 0.6 is 0 Å². The third kappa shape index (κ3) is 4.08. The van der Waals surface area contributed by atoms with Crippen molar-refractivity contribution in [3.63, 3.8) is 0 Å². The molecule has 0 radical (unpaired) electrons. The zero-order valence-electron chi connectivity index (χ0n) is 14.3. The lowest BCUT2D eigenvalue weighted by molar-refractivity contribution is 0.0742. The van der Waals surface area contributed by atoms with Crippen LogP contribution in [0.1, 0.15) is 41.7 Å². The smallest absolute Gasteiger partial charge is 0.254 e. The summed E-state index contributed by atoms with van der Waals surface area (Å²) in [7, 11) is -1.85. The Bertz CT molecular complexity index is 861. The highest BCUT2D eigenvalue weighted by atomic mass is 32.2. The maximum atomic E-state index is 12.8. The molecule has 6 heteroatoms. The van der Waals surface area contributed by atoms with Crippen LogP contribution in [0.5, 0.6) is 0 Å². The van der Waals surface area contributed by atoms with Gasteiger partial charge in [0, 0.05) is 18.7 Å². The van der Waals surface area contributed by atoms with Gasteiger partial charge < -0.3 is 4.90 Å². The summed E-state index contributed by atoms with van der Waals surface area (Å²) in [4.78, 5) is 14.5. The fraction of sp³-hybridized carbons (Fsp3) is 0.316. The van der Waals surface area contributed by atoms with Crippen molar-refractivity contribution >= 4 is 15.9 Å². The highest BCUT2D eigenvalue weighted by molar-refractivity contribution is 7.89. The molecule has 0 saturated heterocycles. The summed E-state index contributed by atoms with van der Waals surface area (Å²) in [6.07, 6.45) is 1.74. The van der Waals surface area contributed by atoms with Gasteiger partial charge in [-0.05, 0) is 43.5 Å². The van der Waals surface area contributed by atoms with E-state index in [4.69, 9.17) is 0 Å². The fourth-order valence-corrected chi connectivity index (χ4v) is 3.97. The van der Waals surface area contributed by atoms with E-state index in [2.05, 4.69) is 4.72 Å². The monoisotopic (exact) mass is 358 g/mol. The average Bonchev–Trinajstić information content (AvgIpc) is 3.44. The third-order valence-corrected chi connectivity index (χ3v) is 5.99. The minimum Gasteiger partial charge on any atom is -0.335 e. The van der Waals surface area contributed by atoms with Gasteiger partial charge in [-0.2, -0.15) is 0 Å². The normalized spacial score (nSPS) is 15.6. The van der Waals surface area contributed by atoms with Crippen molar-refractivity contribution in [1.82, 2.24) is 9.62 Å². The van der Waals surface area contributed by atoms with Gasteiger partial charge >= 0.3 is 0 Å². The van der Waals surface area contributed by atoms with Gasteiger partial charge in [0.2, 0.25) is 10.0 Å². The summed E-state index contributed by atoms with van der Waals surface area (Å²) >= 11 is 0. The molecular formula is C19H22N2O3S. The Balaban J connectivity index is 1.81. The van der Waals surface area contributed by atoms with Gasteiger partial charge in [-0.3, -0.25) is 4.79 Å². The molecule has 0 unspecified atom stereocenters. The quantitative estimate of drug-likeness (QED) is 0.863. The summed E-state index contributed by atoms with van der Waals surface area (Å²) in [5, 5.41) is 0. The maximum absolute atomic E-state index is 12.8. The number of carbonyl (C=O) groups excluding carboxylic acids is 1. The molecule has 1 atom stereocenters. The first-order chi connectivity index (χ1) is 11.9. The van der Waals surface area contributed by atoms with Crippen molar-refractivity contribution in [2.24, 2.45) is 0 Å². The molecule has 1 aliphatic rings. The predicted molar refractivity (Wildman–Crippen MR) is 96.7 cm³/mol. The van der Waals surface area contributed by atoms with E-state index in [-0.39, 0.29) is 22.9 Å². The van der Waals surface area contributed by atoms with Gasteiger partial charge in [0.1, 0.15) is 0 Å². The molecule has 132 valence electrons. The highest BCUT2D eigenvalue weighted by Crippen LogP contribution is 2.24. The van der Waals surface area contributed by atoms with Gasteiger partial charge in [0.15, 0.2) is 0 Å². The summed E-state index contributed by atoms with van der Waals surface area (Å²) in [6.45, 7) is 1.95. The molecule has 1 saturated carbocycles. The van der Waals surface area contributed by atoms with Crippen LogP contribution in [0.25, 0.3) is 0 Å². The van der Waals surface area contributed by atoms with Crippen LogP contribution in [0.3, 0.4) is 0 Å². The third-order valence-electron chi connectivity index (χ3n) is 4.47. The second-order valence-corrected chi connectivity index (χ2v) is 8.14. The largest absolute Gasteiger partial charge is 0.335 e. The molecule has 1 aliphatic carbocycles. The number of rotatable bonds is 6. The van der Waals surface area contributed by atoms with Gasteiger partial charge in [-0.25, -0.2) is 13.1 Å². The minimum absolute atomic E-state index is 0.0325. The Kier molecular flexibility index (Phi) is 4.92. The second-order valence-electron chi connectivity index (χ2n) is 6.43. The molecule has 0 aliphatic heterocycles. The molecule has 1 fully saturated rings. The lowest BCUT2D eigenvalue weighted by Crippen LogP contribution is -2.30. The summed E-state index contributed by atoms with van der Waals surface area (Å²) in [5.74, 6) is -0.208. The number of hydrogen-bond donors (Lipinski definition) is 1. The molecule has 2 aromatic carbocycles. The Morgan fingerprint density at radius 2 is 1.80 bits per heavy atom. The van der Waals surface area contributed by atoms with Crippen LogP contribution in [0.15, 0.2) is 59.5 Å². The number of amides is 1. The van der Waals surface area contributed by atoms with Crippen molar-refractivity contribution in [1.29, 1.82) is 0 Å². The van der Waals surface area contributed by atoms with E-state index in [0.717, 1.165) is 18.4 Å². The number of benzene rings is 2. The molecule has 5 nitrogen and oxygen atoms in total. The van der Waals surface area contributed by atoms with E-state index < -0.39 is 10.0 Å². The lowest BCUT2D eigenvalue weighted by Gasteiger charge is -2.25. The summed E-state index contributed by atoms with van der Waals surface area (Å²) < 4.78 is 27.3. The average molecular weight is 358 g/mol. The Labute approximate surface area is 148 Å². The number of nitrogens with one attached hydrogen (secondary N) is 1. The number of carbonyl (C=O) groups is 1. The molecule has 1 amide bonds. The first kappa shape index (κ1) is 17.6. The van der Waals surface area contributed by atoms with E-state index in [1.165, 1.54) is 12.1 Å². The van der Waals surface area contributed by atoms with Crippen molar-refractivity contribution < 1.29 is 13.2 Å². The number of sulfonamides is 1. The molecule has 3 rings (SSSR count). The second kappa shape index (κ2) is 6.98. The van der Waals surface area contributed by atoms with Gasteiger partial charge in [-0.1, -0.05) is 36.4 Å². The van der Waals surface area contributed by atoms with E-state index in [0.29, 0.717) is 5.56 Å². The van der Waals surface area contributed by atoms with E-state index in [1.807, 2.05) is 37.3 Å². The first-order valence-electron chi connectivity index (χ1n) is 8.33. The maximum Gasteiger partial charge on any atom is 0.254 e. The van der Waals surface area contributed by atoms with E-state index in [9.17, 15) is 13.2 Å². The van der Waals surface area contributed by atoms with Crippen LogP contribution in [0.2, 0.25) is 0 Å². The van der Waals surface area contributed by atoms with Crippen LogP contribution in [-0.4, -0.2) is 32.3 Å². The van der Waals surface area contributed by atoms with E-state index >= 15 is 0 Å². The molecule has 0 bridgehead atoms. The SMILES string of the molecule is C[C@H](c1ccccc1)N(C)C(=O)c1cccc(S(=O)(=O)NC2CC2)c1.